The zero-order chi connectivity index (χ0) is 13.1. The molecule has 1 amide bonds. The van der Waals surface area contributed by atoms with Crippen molar-refractivity contribution in [2.24, 2.45) is 0 Å². The molecule has 3 rings (SSSR count). The zero-order valence-electron chi connectivity index (χ0n) is 10.1. The van der Waals surface area contributed by atoms with Crippen molar-refractivity contribution in [3.8, 4) is 0 Å². The highest BCUT2D eigenvalue weighted by atomic mass is 16.1. The van der Waals surface area contributed by atoms with Gasteiger partial charge < -0.3 is 5.32 Å². The topological polar surface area (TPSA) is 54.9 Å². The molecule has 0 aliphatic carbocycles. The van der Waals surface area contributed by atoms with Crippen LogP contribution in [0.2, 0.25) is 0 Å². The lowest BCUT2D eigenvalue weighted by Crippen LogP contribution is -2.12. The van der Waals surface area contributed by atoms with Crippen LogP contribution in [0.3, 0.4) is 0 Å². The number of pyridine rings is 2. The van der Waals surface area contributed by atoms with E-state index in [4.69, 9.17) is 0 Å². The van der Waals surface area contributed by atoms with Gasteiger partial charge in [0.15, 0.2) is 0 Å². The highest BCUT2D eigenvalue weighted by Crippen LogP contribution is 2.19. The minimum atomic E-state index is -0.154. The fourth-order valence-corrected chi connectivity index (χ4v) is 1.86. The molecule has 0 bridgehead atoms. The van der Waals surface area contributed by atoms with Crippen LogP contribution < -0.4 is 5.32 Å². The maximum atomic E-state index is 12.1. The Labute approximate surface area is 110 Å². The average Bonchev–Trinajstić information content (AvgIpc) is 2.48. The van der Waals surface area contributed by atoms with E-state index in [1.807, 2.05) is 30.3 Å². The number of carbonyl (C=O) groups is 1. The Kier molecular flexibility index (Phi) is 2.90. The molecule has 0 atom stereocenters. The van der Waals surface area contributed by atoms with E-state index < -0.39 is 0 Å². The van der Waals surface area contributed by atoms with Crippen LogP contribution in [0.15, 0.2) is 60.9 Å². The Morgan fingerprint density at radius 2 is 1.74 bits per heavy atom. The number of aromatic nitrogens is 2. The predicted molar refractivity (Wildman–Crippen MR) is 73.9 cm³/mol. The standard InChI is InChI=1S/C15H11N3O/c19-15(11-5-2-1-3-6-11)18-13-8-10-16-12-7-4-9-17-14(12)13/h1-10H,(H,16,18,19). The monoisotopic (exact) mass is 249 g/mol. The van der Waals surface area contributed by atoms with Gasteiger partial charge in [0.05, 0.1) is 11.2 Å². The van der Waals surface area contributed by atoms with E-state index in [2.05, 4.69) is 15.3 Å². The summed E-state index contributed by atoms with van der Waals surface area (Å²) in [6, 6.07) is 14.5. The molecule has 0 aliphatic heterocycles. The molecule has 2 aromatic heterocycles. The third-order valence-electron chi connectivity index (χ3n) is 2.78. The molecule has 0 fully saturated rings. The van der Waals surface area contributed by atoms with Crippen molar-refractivity contribution in [3.63, 3.8) is 0 Å². The average molecular weight is 249 g/mol. The first-order valence-corrected chi connectivity index (χ1v) is 5.91. The van der Waals surface area contributed by atoms with Crippen LogP contribution in [0.1, 0.15) is 10.4 Å². The second-order valence-electron chi connectivity index (χ2n) is 4.05. The summed E-state index contributed by atoms with van der Waals surface area (Å²) in [6.45, 7) is 0. The number of carbonyl (C=O) groups excluding carboxylic acids is 1. The van der Waals surface area contributed by atoms with Gasteiger partial charge in [-0.1, -0.05) is 18.2 Å². The number of hydrogen-bond donors (Lipinski definition) is 1. The molecule has 0 unspecified atom stereocenters. The summed E-state index contributed by atoms with van der Waals surface area (Å²) in [6.07, 6.45) is 3.34. The molecule has 1 N–H and O–H groups in total. The molecule has 0 aliphatic rings. The van der Waals surface area contributed by atoms with Gasteiger partial charge in [0.25, 0.3) is 5.91 Å². The number of nitrogens with one attached hydrogen (secondary N) is 1. The minimum Gasteiger partial charge on any atom is -0.320 e. The van der Waals surface area contributed by atoms with E-state index in [0.29, 0.717) is 16.8 Å². The predicted octanol–water partition coefficient (Wildman–Crippen LogP) is 2.88. The van der Waals surface area contributed by atoms with Crippen LogP contribution in [-0.4, -0.2) is 15.9 Å². The number of amides is 1. The van der Waals surface area contributed by atoms with Crippen molar-refractivity contribution in [1.82, 2.24) is 9.97 Å². The third kappa shape index (κ3) is 2.28. The second-order valence-corrected chi connectivity index (χ2v) is 4.05. The Morgan fingerprint density at radius 1 is 0.895 bits per heavy atom. The Morgan fingerprint density at radius 3 is 2.58 bits per heavy atom. The molecule has 2 heterocycles. The third-order valence-corrected chi connectivity index (χ3v) is 2.78. The van der Waals surface area contributed by atoms with Gasteiger partial charge in [-0.2, -0.15) is 0 Å². The van der Waals surface area contributed by atoms with Crippen molar-refractivity contribution in [3.05, 3.63) is 66.5 Å². The molecule has 0 radical (unpaired) electrons. The van der Waals surface area contributed by atoms with Crippen molar-refractivity contribution in [1.29, 1.82) is 0 Å². The quantitative estimate of drug-likeness (QED) is 0.759. The molecule has 3 aromatic rings. The smallest absolute Gasteiger partial charge is 0.255 e. The molecule has 4 nitrogen and oxygen atoms in total. The summed E-state index contributed by atoms with van der Waals surface area (Å²) in [5.41, 5.74) is 2.73. The molecule has 0 saturated carbocycles. The highest BCUT2D eigenvalue weighted by Gasteiger charge is 2.08. The van der Waals surface area contributed by atoms with Gasteiger partial charge in [-0.3, -0.25) is 14.8 Å². The van der Waals surface area contributed by atoms with Crippen LogP contribution in [0.4, 0.5) is 5.69 Å². The number of hydrogen-bond acceptors (Lipinski definition) is 3. The lowest BCUT2D eigenvalue weighted by molar-refractivity contribution is 0.102. The van der Waals surface area contributed by atoms with E-state index in [-0.39, 0.29) is 5.91 Å². The van der Waals surface area contributed by atoms with Gasteiger partial charge in [0.1, 0.15) is 5.52 Å². The van der Waals surface area contributed by atoms with Crippen LogP contribution in [0.25, 0.3) is 11.0 Å². The summed E-state index contributed by atoms with van der Waals surface area (Å²) < 4.78 is 0. The Balaban J connectivity index is 1.96. The van der Waals surface area contributed by atoms with E-state index >= 15 is 0 Å². The van der Waals surface area contributed by atoms with Crippen molar-refractivity contribution < 1.29 is 4.79 Å². The van der Waals surface area contributed by atoms with Crippen LogP contribution in [0.5, 0.6) is 0 Å². The van der Waals surface area contributed by atoms with Gasteiger partial charge in [0, 0.05) is 18.0 Å². The summed E-state index contributed by atoms with van der Waals surface area (Å²) in [5, 5.41) is 2.86. The first-order valence-electron chi connectivity index (χ1n) is 5.91. The van der Waals surface area contributed by atoms with Gasteiger partial charge in [-0.15, -0.1) is 0 Å². The molecule has 0 saturated heterocycles. The van der Waals surface area contributed by atoms with Crippen molar-refractivity contribution in [2.75, 3.05) is 5.32 Å². The van der Waals surface area contributed by atoms with Gasteiger partial charge in [-0.05, 0) is 30.3 Å². The number of fused-ring (bicyclic) bond motifs is 1. The number of benzene rings is 1. The SMILES string of the molecule is O=C(Nc1ccnc2cccnc12)c1ccccc1. The van der Waals surface area contributed by atoms with Crippen LogP contribution in [0, 0.1) is 0 Å². The van der Waals surface area contributed by atoms with E-state index in [9.17, 15) is 4.79 Å². The minimum absolute atomic E-state index is 0.154. The highest BCUT2D eigenvalue weighted by molar-refractivity contribution is 6.07. The lowest BCUT2D eigenvalue weighted by atomic mass is 10.2. The van der Waals surface area contributed by atoms with Gasteiger partial charge >= 0.3 is 0 Å². The summed E-state index contributed by atoms with van der Waals surface area (Å²) in [5.74, 6) is -0.154. The normalized spacial score (nSPS) is 10.3. The summed E-state index contributed by atoms with van der Waals surface area (Å²) in [7, 11) is 0. The fraction of sp³-hybridized carbons (Fsp3) is 0. The van der Waals surface area contributed by atoms with E-state index in [1.165, 1.54) is 0 Å². The first-order chi connectivity index (χ1) is 9.34. The molecule has 0 spiro atoms. The number of anilines is 1. The number of rotatable bonds is 2. The lowest BCUT2D eigenvalue weighted by Gasteiger charge is -2.07. The Bertz CT molecular complexity index is 720. The van der Waals surface area contributed by atoms with Gasteiger partial charge in [0.2, 0.25) is 0 Å². The maximum absolute atomic E-state index is 12.1. The van der Waals surface area contributed by atoms with Crippen molar-refractivity contribution >= 4 is 22.6 Å². The molecular weight excluding hydrogens is 238 g/mol. The number of nitrogens with zero attached hydrogens (tertiary/aromatic N) is 2. The molecule has 92 valence electrons. The molecule has 19 heavy (non-hydrogen) atoms. The maximum Gasteiger partial charge on any atom is 0.255 e. The Hall–Kier alpha value is -2.75. The summed E-state index contributed by atoms with van der Waals surface area (Å²) >= 11 is 0. The molecule has 4 heteroatoms. The summed E-state index contributed by atoms with van der Waals surface area (Å²) in [4.78, 5) is 20.6. The first kappa shape index (κ1) is 11.3. The second kappa shape index (κ2) is 4.86. The van der Waals surface area contributed by atoms with Crippen LogP contribution >= 0.6 is 0 Å². The fourth-order valence-electron chi connectivity index (χ4n) is 1.86. The van der Waals surface area contributed by atoms with Crippen LogP contribution in [-0.2, 0) is 0 Å². The van der Waals surface area contributed by atoms with Gasteiger partial charge in [-0.25, -0.2) is 0 Å². The van der Waals surface area contributed by atoms with Crippen molar-refractivity contribution in [2.45, 2.75) is 0 Å². The van der Waals surface area contributed by atoms with E-state index in [0.717, 1.165) is 5.52 Å². The molecule has 1 aromatic carbocycles. The zero-order valence-corrected chi connectivity index (χ0v) is 10.1. The van der Waals surface area contributed by atoms with E-state index in [1.54, 1.807) is 30.6 Å². The largest absolute Gasteiger partial charge is 0.320 e. The molecular formula is C15H11N3O.